The molecular formula is C24H20F4N2O3S. The fourth-order valence-electron chi connectivity index (χ4n) is 3.62. The summed E-state index contributed by atoms with van der Waals surface area (Å²) in [4.78, 5) is 5.16. The molecule has 0 bridgehead atoms. The maximum Gasteiger partial charge on any atom is 0.246 e. The van der Waals surface area contributed by atoms with E-state index in [2.05, 4.69) is 5.16 Å². The highest BCUT2D eigenvalue weighted by molar-refractivity contribution is 7.89. The summed E-state index contributed by atoms with van der Waals surface area (Å²) >= 11 is 0. The quantitative estimate of drug-likeness (QED) is 0.352. The van der Waals surface area contributed by atoms with E-state index >= 15 is 0 Å². The van der Waals surface area contributed by atoms with Gasteiger partial charge in [-0.25, -0.2) is 26.0 Å². The molecule has 0 saturated carbocycles. The average Bonchev–Trinajstić information content (AvgIpc) is 2.81. The van der Waals surface area contributed by atoms with Gasteiger partial charge in [0.1, 0.15) is 28.2 Å². The second kappa shape index (κ2) is 9.94. The zero-order chi connectivity index (χ0) is 24.3. The number of hydrogen-bond acceptors (Lipinski definition) is 4. The number of benzene rings is 3. The molecule has 178 valence electrons. The van der Waals surface area contributed by atoms with E-state index in [-0.39, 0.29) is 25.9 Å². The third-order valence-corrected chi connectivity index (χ3v) is 7.38. The highest BCUT2D eigenvalue weighted by atomic mass is 32.2. The number of oxime groups is 1. The minimum Gasteiger partial charge on any atom is -0.383 e. The number of rotatable bonds is 6. The molecule has 0 aliphatic carbocycles. The SMILES string of the molecule is O=S(=O)(c1ccc(F)cc1F)N1CCC(=NOC(c2ccc(F)cc2)c2ccc(F)cc2)CC1. The highest BCUT2D eigenvalue weighted by Gasteiger charge is 2.30. The Hall–Kier alpha value is -3.24. The summed E-state index contributed by atoms with van der Waals surface area (Å²) in [5.41, 5.74) is 1.79. The van der Waals surface area contributed by atoms with Gasteiger partial charge in [-0.05, 0) is 47.5 Å². The van der Waals surface area contributed by atoms with Crippen LogP contribution < -0.4 is 0 Å². The molecule has 34 heavy (non-hydrogen) atoms. The van der Waals surface area contributed by atoms with Gasteiger partial charge in [0.05, 0.1) is 5.71 Å². The van der Waals surface area contributed by atoms with Crippen LogP contribution in [0.15, 0.2) is 76.8 Å². The third kappa shape index (κ3) is 5.28. The monoisotopic (exact) mass is 492 g/mol. The topological polar surface area (TPSA) is 59.0 Å². The van der Waals surface area contributed by atoms with E-state index in [9.17, 15) is 26.0 Å². The van der Waals surface area contributed by atoms with Crippen LogP contribution in [0.5, 0.6) is 0 Å². The third-order valence-electron chi connectivity index (χ3n) is 5.44. The van der Waals surface area contributed by atoms with Crippen LogP contribution in [-0.2, 0) is 14.9 Å². The summed E-state index contributed by atoms with van der Waals surface area (Å²) < 4.78 is 80.5. The molecule has 0 radical (unpaired) electrons. The predicted molar refractivity (Wildman–Crippen MR) is 118 cm³/mol. The van der Waals surface area contributed by atoms with Crippen LogP contribution in [0.4, 0.5) is 17.6 Å². The Labute approximate surface area is 194 Å². The van der Waals surface area contributed by atoms with Crippen molar-refractivity contribution < 1.29 is 30.8 Å². The molecule has 0 spiro atoms. The van der Waals surface area contributed by atoms with E-state index in [1.165, 1.54) is 48.5 Å². The molecule has 1 heterocycles. The summed E-state index contributed by atoms with van der Waals surface area (Å²) in [6.45, 7) is 0.0816. The Kier molecular flexibility index (Phi) is 6.99. The van der Waals surface area contributed by atoms with E-state index in [4.69, 9.17) is 4.84 Å². The maximum atomic E-state index is 14.0. The van der Waals surface area contributed by atoms with Crippen molar-refractivity contribution in [3.63, 3.8) is 0 Å². The van der Waals surface area contributed by atoms with E-state index in [0.717, 1.165) is 16.4 Å². The number of piperidine rings is 1. The molecule has 1 saturated heterocycles. The van der Waals surface area contributed by atoms with Crippen molar-refractivity contribution in [3.05, 3.63) is 101 Å². The Bertz CT molecular complexity index is 1240. The lowest BCUT2D eigenvalue weighted by molar-refractivity contribution is 0.0855. The largest absolute Gasteiger partial charge is 0.383 e. The van der Waals surface area contributed by atoms with Crippen LogP contribution >= 0.6 is 0 Å². The number of hydrogen-bond donors (Lipinski definition) is 0. The Balaban J connectivity index is 1.49. The molecule has 10 heteroatoms. The van der Waals surface area contributed by atoms with E-state index in [1.54, 1.807) is 0 Å². The van der Waals surface area contributed by atoms with E-state index < -0.39 is 44.3 Å². The van der Waals surface area contributed by atoms with Crippen molar-refractivity contribution in [1.82, 2.24) is 4.31 Å². The molecule has 1 aliphatic rings. The van der Waals surface area contributed by atoms with Gasteiger partial charge in [-0.3, -0.25) is 0 Å². The molecule has 0 amide bonds. The van der Waals surface area contributed by atoms with Crippen molar-refractivity contribution in [3.8, 4) is 0 Å². The van der Waals surface area contributed by atoms with Gasteiger partial charge < -0.3 is 4.84 Å². The van der Waals surface area contributed by atoms with Gasteiger partial charge in [-0.1, -0.05) is 29.4 Å². The predicted octanol–water partition coefficient (Wildman–Crippen LogP) is 5.19. The Morgan fingerprint density at radius 3 is 1.76 bits per heavy atom. The van der Waals surface area contributed by atoms with Crippen LogP contribution in [0.2, 0.25) is 0 Å². The zero-order valence-corrected chi connectivity index (χ0v) is 18.6. The first-order valence-corrected chi connectivity index (χ1v) is 11.9. The lowest BCUT2D eigenvalue weighted by atomic mass is 10.0. The van der Waals surface area contributed by atoms with Crippen LogP contribution in [-0.4, -0.2) is 31.5 Å². The van der Waals surface area contributed by atoms with Crippen molar-refractivity contribution in [2.24, 2.45) is 5.16 Å². The van der Waals surface area contributed by atoms with Gasteiger partial charge in [-0.15, -0.1) is 0 Å². The average molecular weight is 492 g/mol. The standard InChI is InChI=1S/C24H20F4N2O3S/c25-18-5-1-16(2-6-18)24(17-3-7-19(26)8-4-17)33-29-21-11-13-30(14-12-21)34(31,32)23-10-9-20(27)15-22(23)28/h1-10,15,24H,11-14H2. The number of halogens is 4. The summed E-state index contributed by atoms with van der Waals surface area (Å²) in [6, 6.07) is 13.6. The van der Waals surface area contributed by atoms with Gasteiger partial charge in [0, 0.05) is 32.0 Å². The molecule has 3 aromatic rings. The van der Waals surface area contributed by atoms with Crippen LogP contribution in [0.25, 0.3) is 0 Å². The Morgan fingerprint density at radius 1 is 0.765 bits per heavy atom. The number of nitrogens with zero attached hydrogens (tertiary/aromatic N) is 2. The van der Waals surface area contributed by atoms with Gasteiger partial charge in [-0.2, -0.15) is 4.31 Å². The van der Waals surface area contributed by atoms with Crippen molar-refractivity contribution >= 4 is 15.7 Å². The first-order valence-electron chi connectivity index (χ1n) is 10.4. The maximum absolute atomic E-state index is 14.0. The van der Waals surface area contributed by atoms with Crippen molar-refractivity contribution in [2.45, 2.75) is 23.8 Å². The Morgan fingerprint density at radius 2 is 1.26 bits per heavy atom. The molecule has 1 fully saturated rings. The molecule has 3 aromatic carbocycles. The first-order chi connectivity index (χ1) is 16.2. The lowest BCUT2D eigenvalue weighted by Crippen LogP contribution is -2.39. The summed E-state index contributed by atoms with van der Waals surface area (Å²) in [5, 5.41) is 4.18. The normalized spacial score (nSPS) is 14.9. The second-order valence-corrected chi connectivity index (χ2v) is 9.63. The smallest absolute Gasteiger partial charge is 0.246 e. The molecular weight excluding hydrogens is 472 g/mol. The van der Waals surface area contributed by atoms with Crippen LogP contribution in [0.3, 0.4) is 0 Å². The van der Waals surface area contributed by atoms with E-state index in [0.29, 0.717) is 22.9 Å². The fraction of sp³-hybridized carbons (Fsp3) is 0.208. The van der Waals surface area contributed by atoms with Gasteiger partial charge >= 0.3 is 0 Å². The summed E-state index contributed by atoms with van der Waals surface area (Å²) in [6.07, 6.45) is -0.257. The zero-order valence-electron chi connectivity index (χ0n) is 17.8. The molecule has 1 aliphatic heterocycles. The van der Waals surface area contributed by atoms with Crippen LogP contribution in [0, 0.1) is 23.3 Å². The minimum absolute atomic E-state index is 0.0408. The lowest BCUT2D eigenvalue weighted by Gasteiger charge is -2.27. The molecule has 0 atom stereocenters. The van der Waals surface area contributed by atoms with Crippen molar-refractivity contribution in [1.29, 1.82) is 0 Å². The summed E-state index contributed by atoms with van der Waals surface area (Å²) in [7, 11) is -4.13. The van der Waals surface area contributed by atoms with Crippen molar-refractivity contribution in [2.75, 3.05) is 13.1 Å². The molecule has 0 N–H and O–H groups in total. The molecule has 4 rings (SSSR count). The first kappa shape index (κ1) is 23.9. The number of sulfonamides is 1. The van der Waals surface area contributed by atoms with Gasteiger partial charge in [0.25, 0.3) is 0 Å². The highest BCUT2D eigenvalue weighted by Crippen LogP contribution is 2.28. The van der Waals surface area contributed by atoms with Crippen LogP contribution in [0.1, 0.15) is 30.1 Å². The van der Waals surface area contributed by atoms with Gasteiger partial charge in [0.2, 0.25) is 10.0 Å². The second-order valence-electron chi connectivity index (χ2n) is 7.72. The minimum atomic E-state index is -4.13. The molecule has 5 nitrogen and oxygen atoms in total. The van der Waals surface area contributed by atoms with E-state index in [1.807, 2.05) is 0 Å². The molecule has 0 unspecified atom stereocenters. The molecule has 0 aromatic heterocycles. The summed E-state index contributed by atoms with van der Waals surface area (Å²) in [5.74, 6) is -2.85. The fourth-order valence-corrected chi connectivity index (χ4v) is 5.10. The van der Waals surface area contributed by atoms with Gasteiger partial charge in [0.15, 0.2) is 6.10 Å².